The van der Waals surface area contributed by atoms with Gasteiger partial charge in [-0.15, -0.1) is 11.3 Å². The molecular weight excluding hydrogens is 262 g/mol. The van der Waals surface area contributed by atoms with E-state index in [1.165, 1.54) is 22.5 Å². The molecule has 3 N–H and O–H groups in total. The second kappa shape index (κ2) is 4.79. The number of amides is 1. The van der Waals surface area contributed by atoms with Gasteiger partial charge in [0.1, 0.15) is 0 Å². The first-order valence-corrected chi connectivity index (χ1v) is 7.04. The molecule has 0 fully saturated rings. The fraction of sp³-hybridized carbons (Fsp3) is 0.385. The Morgan fingerprint density at radius 2 is 2.47 bits per heavy atom. The van der Waals surface area contributed by atoms with Crippen LogP contribution >= 0.6 is 11.3 Å². The number of hydrogen-bond acceptors (Lipinski definition) is 5. The molecule has 19 heavy (non-hydrogen) atoms. The number of anilines is 1. The lowest BCUT2D eigenvalue weighted by atomic mass is 9.99. The number of rotatable bonds is 2. The lowest BCUT2D eigenvalue weighted by molar-refractivity contribution is 0.0996. The van der Waals surface area contributed by atoms with E-state index in [4.69, 9.17) is 10.2 Å². The molecule has 6 heteroatoms. The fourth-order valence-electron chi connectivity index (χ4n) is 2.21. The summed E-state index contributed by atoms with van der Waals surface area (Å²) in [6, 6.07) is 1.98. The second-order valence-corrected chi connectivity index (χ2v) is 5.86. The summed E-state index contributed by atoms with van der Waals surface area (Å²) < 4.78 is 5.16. The monoisotopic (exact) mass is 277 g/mol. The lowest BCUT2D eigenvalue weighted by Crippen LogP contribution is -2.27. The SMILES string of the molecule is Cc1ccoc1C(=O)Nc1nc2c(s1)C[C@@H](N)CC2. The molecule has 0 spiro atoms. The Balaban J connectivity index is 1.78. The maximum atomic E-state index is 12.0. The molecule has 1 atom stereocenters. The third kappa shape index (κ3) is 2.41. The van der Waals surface area contributed by atoms with Crippen molar-refractivity contribution in [2.75, 3.05) is 5.32 Å². The summed E-state index contributed by atoms with van der Waals surface area (Å²) in [5.74, 6) is 0.0859. The topological polar surface area (TPSA) is 81.2 Å². The Hall–Kier alpha value is -1.66. The van der Waals surface area contributed by atoms with Crippen LogP contribution < -0.4 is 11.1 Å². The van der Waals surface area contributed by atoms with Gasteiger partial charge in [-0.3, -0.25) is 10.1 Å². The molecule has 1 aliphatic rings. The highest BCUT2D eigenvalue weighted by Gasteiger charge is 2.21. The number of carbonyl (C=O) groups is 1. The van der Waals surface area contributed by atoms with Crippen molar-refractivity contribution < 1.29 is 9.21 Å². The van der Waals surface area contributed by atoms with Crippen molar-refractivity contribution in [1.29, 1.82) is 0 Å². The molecule has 0 saturated heterocycles. The largest absolute Gasteiger partial charge is 0.459 e. The van der Waals surface area contributed by atoms with Crippen LogP contribution in [0.3, 0.4) is 0 Å². The maximum absolute atomic E-state index is 12.0. The molecular formula is C13H15N3O2S. The smallest absolute Gasteiger partial charge is 0.293 e. The van der Waals surface area contributed by atoms with Crippen LogP contribution in [0, 0.1) is 6.92 Å². The minimum Gasteiger partial charge on any atom is -0.459 e. The van der Waals surface area contributed by atoms with Crippen LogP contribution in [-0.4, -0.2) is 16.9 Å². The normalized spacial score (nSPS) is 18.1. The van der Waals surface area contributed by atoms with E-state index in [1.54, 1.807) is 6.07 Å². The van der Waals surface area contributed by atoms with Gasteiger partial charge in [-0.1, -0.05) is 0 Å². The van der Waals surface area contributed by atoms with Gasteiger partial charge in [0.25, 0.3) is 5.91 Å². The van der Waals surface area contributed by atoms with Crippen LogP contribution in [0.25, 0.3) is 0 Å². The number of aryl methyl sites for hydroxylation is 2. The second-order valence-electron chi connectivity index (χ2n) is 4.78. The zero-order valence-corrected chi connectivity index (χ0v) is 11.4. The quantitative estimate of drug-likeness (QED) is 0.881. The highest BCUT2D eigenvalue weighted by molar-refractivity contribution is 7.15. The van der Waals surface area contributed by atoms with Crippen molar-refractivity contribution in [3.8, 4) is 0 Å². The number of nitrogens with one attached hydrogen (secondary N) is 1. The van der Waals surface area contributed by atoms with Crippen molar-refractivity contribution in [2.45, 2.75) is 32.2 Å². The first-order valence-electron chi connectivity index (χ1n) is 6.23. The van der Waals surface area contributed by atoms with E-state index in [0.717, 1.165) is 30.5 Å². The number of hydrogen-bond donors (Lipinski definition) is 2. The average molecular weight is 277 g/mol. The summed E-state index contributed by atoms with van der Waals surface area (Å²) >= 11 is 1.51. The summed E-state index contributed by atoms with van der Waals surface area (Å²) in [5.41, 5.74) is 7.82. The standard InChI is InChI=1S/C13H15N3O2S/c1-7-4-5-18-11(7)12(17)16-13-15-9-3-2-8(14)6-10(9)19-13/h4-5,8H,2-3,6,14H2,1H3,(H,15,16,17)/t8-/m0/s1. The Morgan fingerprint density at radius 3 is 3.21 bits per heavy atom. The van der Waals surface area contributed by atoms with Crippen LogP contribution in [0.2, 0.25) is 0 Å². The molecule has 0 aromatic carbocycles. The van der Waals surface area contributed by atoms with Gasteiger partial charge in [-0.25, -0.2) is 4.98 Å². The van der Waals surface area contributed by atoms with E-state index in [9.17, 15) is 4.79 Å². The molecule has 2 aromatic rings. The molecule has 0 saturated carbocycles. The number of fused-ring (bicyclic) bond motifs is 1. The van der Waals surface area contributed by atoms with E-state index in [0.29, 0.717) is 10.9 Å². The summed E-state index contributed by atoms with van der Waals surface area (Å²) in [7, 11) is 0. The van der Waals surface area contributed by atoms with Gasteiger partial charge in [0.15, 0.2) is 10.9 Å². The maximum Gasteiger partial charge on any atom is 0.293 e. The third-order valence-corrected chi connectivity index (χ3v) is 4.30. The molecule has 1 aliphatic carbocycles. The highest BCUT2D eigenvalue weighted by atomic mass is 32.1. The Kier molecular flexibility index (Phi) is 3.12. The fourth-order valence-corrected chi connectivity index (χ4v) is 3.31. The molecule has 0 aliphatic heterocycles. The molecule has 0 radical (unpaired) electrons. The molecule has 2 aromatic heterocycles. The van der Waals surface area contributed by atoms with Crippen LogP contribution in [-0.2, 0) is 12.8 Å². The lowest BCUT2D eigenvalue weighted by Gasteiger charge is -2.15. The van der Waals surface area contributed by atoms with Gasteiger partial charge in [0.2, 0.25) is 0 Å². The van der Waals surface area contributed by atoms with Crippen molar-refractivity contribution in [3.05, 3.63) is 34.2 Å². The van der Waals surface area contributed by atoms with Gasteiger partial charge in [-0.2, -0.15) is 0 Å². The molecule has 3 rings (SSSR count). The predicted octanol–water partition coefficient (Wildman–Crippen LogP) is 2.11. The van der Waals surface area contributed by atoms with Crippen LogP contribution in [0.15, 0.2) is 16.7 Å². The van der Waals surface area contributed by atoms with Crippen molar-refractivity contribution >= 4 is 22.4 Å². The first-order chi connectivity index (χ1) is 9.13. The highest BCUT2D eigenvalue weighted by Crippen LogP contribution is 2.29. The third-order valence-electron chi connectivity index (χ3n) is 3.27. The summed E-state index contributed by atoms with van der Waals surface area (Å²) in [6.45, 7) is 1.84. The minimum atomic E-state index is -0.252. The molecule has 0 bridgehead atoms. The van der Waals surface area contributed by atoms with Gasteiger partial charge in [0.05, 0.1) is 12.0 Å². The van der Waals surface area contributed by atoms with Crippen molar-refractivity contribution in [2.24, 2.45) is 5.73 Å². The number of thiazole rings is 1. The van der Waals surface area contributed by atoms with Gasteiger partial charge >= 0.3 is 0 Å². The average Bonchev–Trinajstić information content (AvgIpc) is 2.94. The first kappa shape index (κ1) is 12.4. The Labute approximate surface area is 114 Å². The molecule has 0 unspecified atom stereocenters. The molecule has 5 nitrogen and oxygen atoms in total. The van der Waals surface area contributed by atoms with E-state index < -0.39 is 0 Å². The van der Waals surface area contributed by atoms with E-state index in [2.05, 4.69) is 10.3 Å². The van der Waals surface area contributed by atoms with Gasteiger partial charge in [0, 0.05) is 16.5 Å². The molecule has 2 heterocycles. The number of furan rings is 1. The number of nitrogens with two attached hydrogens (primary N) is 1. The van der Waals surface area contributed by atoms with Crippen LogP contribution in [0.4, 0.5) is 5.13 Å². The minimum absolute atomic E-state index is 0.212. The van der Waals surface area contributed by atoms with E-state index in [1.807, 2.05) is 6.92 Å². The van der Waals surface area contributed by atoms with E-state index >= 15 is 0 Å². The zero-order chi connectivity index (χ0) is 13.4. The van der Waals surface area contributed by atoms with Crippen molar-refractivity contribution in [1.82, 2.24) is 4.98 Å². The number of nitrogens with zero attached hydrogens (tertiary/aromatic N) is 1. The molecule has 1 amide bonds. The Bertz CT molecular complexity index is 617. The summed E-state index contributed by atoms with van der Waals surface area (Å²) in [5, 5.41) is 3.42. The zero-order valence-electron chi connectivity index (χ0n) is 10.6. The molecule has 100 valence electrons. The Morgan fingerprint density at radius 1 is 1.63 bits per heavy atom. The summed E-state index contributed by atoms with van der Waals surface area (Å²) in [4.78, 5) is 17.6. The van der Waals surface area contributed by atoms with Gasteiger partial charge in [-0.05, 0) is 32.3 Å². The number of carbonyl (C=O) groups excluding carboxylic acids is 1. The van der Waals surface area contributed by atoms with Crippen LogP contribution in [0.5, 0.6) is 0 Å². The van der Waals surface area contributed by atoms with Gasteiger partial charge < -0.3 is 10.2 Å². The van der Waals surface area contributed by atoms with Crippen molar-refractivity contribution in [3.63, 3.8) is 0 Å². The predicted molar refractivity (Wildman–Crippen MR) is 73.5 cm³/mol. The number of aromatic nitrogens is 1. The van der Waals surface area contributed by atoms with E-state index in [-0.39, 0.29) is 11.9 Å². The van der Waals surface area contributed by atoms with Crippen LogP contribution in [0.1, 0.15) is 33.1 Å². The summed E-state index contributed by atoms with van der Waals surface area (Å²) in [6.07, 6.45) is 4.21.